The number of thioether (sulfide) groups is 1. The van der Waals surface area contributed by atoms with Gasteiger partial charge in [-0.05, 0) is 0 Å². The molecule has 2 nitrogen and oxygen atoms in total. The van der Waals surface area contributed by atoms with Crippen molar-refractivity contribution in [1.29, 1.82) is 0 Å². The van der Waals surface area contributed by atoms with Crippen LogP contribution in [0, 0.1) is 0 Å². The second-order valence-corrected chi connectivity index (χ2v) is 4.13. The number of aliphatic imine (C=N–C) groups is 1. The second kappa shape index (κ2) is 3.81. The van der Waals surface area contributed by atoms with Crippen LogP contribution < -0.4 is 0 Å². The van der Waals surface area contributed by atoms with Crippen LogP contribution in [-0.2, 0) is 0 Å². The van der Waals surface area contributed by atoms with Gasteiger partial charge in [0.1, 0.15) is 10.9 Å². The minimum atomic E-state index is -0.796. The lowest BCUT2D eigenvalue weighted by Gasteiger charge is -2.08. The molecule has 0 aromatic carbocycles. The number of aliphatic hydroxyl groups is 1. The topological polar surface area (TPSA) is 32.6 Å². The van der Waals surface area contributed by atoms with E-state index in [2.05, 4.69) is 4.99 Å². The maximum atomic E-state index is 9.21. The van der Waals surface area contributed by atoms with Crippen molar-refractivity contribution in [2.45, 2.75) is 10.9 Å². The minimum absolute atomic E-state index is 0.662. The first-order valence-electron chi connectivity index (χ1n) is 2.85. The highest BCUT2D eigenvalue weighted by molar-refractivity contribution is 8.14. The Morgan fingerprint density at radius 2 is 2.30 bits per heavy atom. The van der Waals surface area contributed by atoms with E-state index in [9.17, 15) is 5.11 Å². The van der Waals surface area contributed by atoms with Crippen molar-refractivity contribution in [1.82, 2.24) is 0 Å². The van der Waals surface area contributed by atoms with E-state index in [-0.39, 0.29) is 0 Å². The highest BCUT2D eigenvalue weighted by Gasteiger charge is 2.22. The Morgan fingerprint density at radius 3 is 2.70 bits per heavy atom. The van der Waals surface area contributed by atoms with E-state index in [4.69, 9.17) is 23.2 Å². The van der Waals surface area contributed by atoms with Crippen LogP contribution in [0.4, 0.5) is 0 Å². The Hall–Kier alpha value is 0.560. The Morgan fingerprint density at radius 1 is 1.60 bits per heavy atom. The van der Waals surface area contributed by atoms with Gasteiger partial charge in [0.05, 0.1) is 5.04 Å². The van der Waals surface area contributed by atoms with Crippen LogP contribution in [0.25, 0.3) is 0 Å². The number of alkyl halides is 2. The summed E-state index contributed by atoms with van der Waals surface area (Å²) in [5.41, 5.74) is 0. The van der Waals surface area contributed by atoms with Crippen molar-refractivity contribution < 1.29 is 5.11 Å². The quantitative estimate of drug-likeness (QED) is 0.681. The number of nitrogens with zero attached hydrogens (tertiary/aromatic N) is 1. The van der Waals surface area contributed by atoms with Gasteiger partial charge in [0, 0.05) is 12.3 Å². The summed E-state index contributed by atoms with van der Waals surface area (Å²) < 4.78 is 0. The lowest BCUT2D eigenvalue weighted by molar-refractivity contribution is 0.259. The van der Waals surface area contributed by atoms with Gasteiger partial charge in [-0.3, -0.25) is 4.99 Å². The second-order valence-electron chi connectivity index (χ2n) is 1.85. The van der Waals surface area contributed by atoms with Crippen LogP contribution in [0.5, 0.6) is 0 Å². The molecule has 1 aliphatic heterocycles. The lowest BCUT2D eigenvalue weighted by atomic mass is 10.4. The summed E-state index contributed by atoms with van der Waals surface area (Å²) in [4.78, 5) is 3.26. The Labute approximate surface area is 73.6 Å². The van der Waals surface area contributed by atoms with Crippen molar-refractivity contribution >= 4 is 40.0 Å². The van der Waals surface area contributed by atoms with Crippen molar-refractivity contribution in [3.05, 3.63) is 0 Å². The molecule has 1 N–H and O–H groups in total. The van der Waals surface area contributed by atoms with E-state index in [1.807, 2.05) is 0 Å². The molecule has 10 heavy (non-hydrogen) atoms. The van der Waals surface area contributed by atoms with Crippen molar-refractivity contribution in [3.63, 3.8) is 0 Å². The van der Waals surface area contributed by atoms with E-state index < -0.39 is 10.9 Å². The zero-order valence-electron chi connectivity index (χ0n) is 5.13. The maximum absolute atomic E-state index is 9.21. The van der Waals surface area contributed by atoms with Crippen molar-refractivity contribution in [2.75, 3.05) is 12.3 Å². The summed E-state index contributed by atoms with van der Waals surface area (Å²) in [5, 5.41) is 9.87. The molecule has 0 amide bonds. The molecule has 1 aliphatic rings. The van der Waals surface area contributed by atoms with Crippen LogP contribution in [0.3, 0.4) is 0 Å². The molecule has 1 rings (SSSR count). The van der Waals surface area contributed by atoms with Crippen LogP contribution in [0.15, 0.2) is 4.99 Å². The average molecular weight is 200 g/mol. The smallest absolute Gasteiger partial charge is 0.139 e. The summed E-state index contributed by atoms with van der Waals surface area (Å²) in [7, 11) is 0. The Bertz CT molecular complexity index is 151. The third-order valence-corrected chi connectivity index (χ3v) is 2.63. The van der Waals surface area contributed by atoms with E-state index in [0.717, 1.165) is 12.3 Å². The highest BCUT2D eigenvalue weighted by atomic mass is 35.5. The van der Waals surface area contributed by atoms with Gasteiger partial charge < -0.3 is 5.11 Å². The van der Waals surface area contributed by atoms with E-state index >= 15 is 0 Å². The number of rotatable bonds is 2. The minimum Gasteiger partial charge on any atom is -0.383 e. The summed E-state index contributed by atoms with van der Waals surface area (Å²) in [6.45, 7) is 0.761. The first-order valence-corrected chi connectivity index (χ1v) is 4.71. The molecular formula is C5H7Cl2NOS. The van der Waals surface area contributed by atoms with Gasteiger partial charge in [0.2, 0.25) is 0 Å². The van der Waals surface area contributed by atoms with E-state index in [1.54, 1.807) is 0 Å². The van der Waals surface area contributed by atoms with Gasteiger partial charge >= 0.3 is 0 Å². The van der Waals surface area contributed by atoms with Crippen LogP contribution in [-0.4, -0.2) is 33.4 Å². The first-order chi connectivity index (χ1) is 4.72. The van der Waals surface area contributed by atoms with E-state index in [0.29, 0.717) is 5.04 Å². The standard InChI is InChI=1S/C5H7Cl2NOS/c6-4(7)3(9)5-8-1-2-10-5/h3-4,9H,1-2H2. The highest BCUT2D eigenvalue weighted by Crippen LogP contribution is 2.20. The third-order valence-electron chi connectivity index (χ3n) is 1.10. The Kier molecular flexibility index (Phi) is 3.30. The van der Waals surface area contributed by atoms with Gasteiger partial charge in [-0.25, -0.2) is 0 Å². The summed E-state index contributed by atoms with van der Waals surface area (Å²) in [6, 6.07) is 0. The molecule has 0 aromatic rings. The van der Waals surface area contributed by atoms with Gasteiger partial charge in [-0.2, -0.15) is 0 Å². The molecule has 1 unspecified atom stereocenters. The molecule has 1 heterocycles. The molecule has 5 heteroatoms. The Balaban J connectivity index is 2.47. The molecule has 0 fully saturated rings. The molecule has 0 saturated carbocycles. The molecule has 0 bridgehead atoms. The molecule has 0 aromatic heterocycles. The van der Waals surface area contributed by atoms with Crippen LogP contribution in [0.1, 0.15) is 0 Å². The van der Waals surface area contributed by atoms with Crippen molar-refractivity contribution in [2.24, 2.45) is 4.99 Å². The fourth-order valence-corrected chi connectivity index (χ4v) is 1.91. The van der Waals surface area contributed by atoms with Gasteiger partial charge in [0.25, 0.3) is 0 Å². The first kappa shape index (κ1) is 8.65. The van der Waals surface area contributed by atoms with Crippen LogP contribution >= 0.6 is 35.0 Å². The normalized spacial score (nSPS) is 21.4. The summed E-state index contributed by atoms with van der Waals surface area (Å²) >= 11 is 12.4. The molecule has 0 radical (unpaired) electrons. The number of hydrogen-bond donors (Lipinski definition) is 1. The van der Waals surface area contributed by atoms with Gasteiger partial charge in [-0.1, -0.05) is 0 Å². The predicted octanol–water partition coefficient (Wildman–Crippen LogP) is 1.30. The predicted molar refractivity (Wildman–Crippen MR) is 46.3 cm³/mol. The maximum Gasteiger partial charge on any atom is 0.139 e. The number of hydrogen-bond acceptors (Lipinski definition) is 3. The third kappa shape index (κ3) is 2.02. The zero-order valence-corrected chi connectivity index (χ0v) is 7.46. The largest absolute Gasteiger partial charge is 0.383 e. The van der Waals surface area contributed by atoms with Gasteiger partial charge in [0.15, 0.2) is 0 Å². The lowest BCUT2D eigenvalue weighted by Crippen LogP contribution is -2.23. The number of aliphatic hydroxyl groups excluding tert-OH is 1. The van der Waals surface area contributed by atoms with Gasteiger partial charge in [-0.15, -0.1) is 35.0 Å². The summed E-state index contributed by atoms with van der Waals surface area (Å²) in [5.74, 6) is 0.924. The van der Waals surface area contributed by atoms with E-state index in [1.165, 1.54) is 11.8 Å². The SMILES string of the molecule is OC(C1=NCCS1)C(Cl)Cl. The zero-order chi connectivity index (χ0) is 7.56. The van der Waals surface area contributed by atoms with Crippen molar-refractivity contribution in [3.8, 4) is 0 Å². The molecule has 0 saturated heterocycles. The number of halogens is 2. The molecule has 58 valence electrons. The average Bonchev–Trinajstić information content (AvgIpc) is 2.36. The molecule has 1 atom stereocenters. The molecular weight excluding hydrogens is 193 g/mol. The van der Waals surface area contributed by atoms with Crippen LogP contribution in [0.2, 0.25) is 0 Å². The summed E-state index contributed by atoms with van der Waals surface area (Å²) in [6.07, 6.45) is -0.796. The fourth-order valence-electron chi connectivity index (χ4n) is 0.638. The molecule has 0 aliphatic carbocycles. The fraction of sp³-hybridized carbons (Fsp3) is 0.800. The molecule has 0 spiro atoms. The monoisotopic (exact) mass is 199 g/mol.